The zero-order chi connectivity index (χ0) is 16.5. The molecule has 0 amide bonds. The van der Waals surface area contributed by atoms with Gasteiger partial charge in [-0.3, -0.25) is 0 Å². The van der Waals surface area contributed by atoms with Crippen LogP contribution in [0.2, 0.25) is 0 Å². The van der Waals surface area contributed by atoms with Gasteiger partial charge < -0.3 is 4.74 Å². The van der Waals surface area contributed by atoms with Crippen molar-refractivity contribution in [3.05, 3.63) is 61.0 Å². The van der Waals surface area contributed by atoms with Crippen LogP contribution in [0.5, 0.6) is 0 Å². The Balaban J connectivity index is 2.12. The minimum atomic E-state index is 0.402. The van der Waals surface area contributed by atoms with E-state index in [2.05, 4.69) is 41.4 Å². The van der Waals surface area contributed by atoms with Crippen LogP contribution in [0.15, 0.2) is 71.0 Å². The van der Waals surface area contributed by atoms with Crippen molar-refractivity contribution in [3.63, 3.8) is 0 Å². The van der Waals surface area contributed by atoms with Gasteiger partial charge in [-0.2, -0.15) is 0 Å². The summed E-state index contributed by atoms with van der Waals surface area (Å²) in [6.45, 7) is 9.82. The Labute approximate surface area is 139 Å². The molecule has 0 aromatic heterocycles. The van der Waals surface area contributed by atoms with Gasteiger partial charge >= 0.3 is 0 Å². The van der Waals surface area contributed by atoms with Gasteiger partial charge in [-0.1, -0.05) is 62.8 Å². The van der Waals surface area contributed by atoms with E-state index in [1.807, 2.05) is 19.1 Å². The van der Waals surface area contributed by atoms with E-state index in [0.29, 0.717) is 18.4 Å². The fourth-order valence-corrected chi connectivity index (χ4v) is 2.88. The van der Waals surface area contributed by atoms with Gasteiger partial charge in [0.15, 0.2) is 0 Å². The molecule has 1 heterocycles. The van der Waals surface area contributed by atoms with Gasteiger partial charge in [-0.15, -0.1) is 0 Å². The maximum Gasteiger partial charge on any atom is 0.239 e. The van der Waals surface area contributed by atoms with Crippen molar-refractivity contribution in [2.45, 2.75) is 39.0 Å². The van der Waals surface area contributed by atoms with E-state index >= 15 is 0 Å². The van der Waals surface area contributed by atoms with Crippen LogP contribution in [0.25, 0.3) is 0 Å². The smallest absolute Gasteiger partial charge is 0.239 e. The fraction of sp³-hybridized carbons (Fsp3) is 0.400. The van der Waals surface area contributed by atoms with Crippen molar-refractivity contribution in [2.24, 2.45) is 15.9 Å². The normalized spacial score (nSPS) is 23.9. The molecule has 122 valence electrons. The quantitative estimate of drug-likeness (QED) is 0.646. The number of hydrogen-bond donors (Lipinski definition) is 0. The van der Waals surface area contributed by atoms with Crippen molar-refractivity contribution in [2.75, 3.05) is 6.61 Å². The van der Waals surface area contributed by atoms with Gasteiger partial charge in [0, 0.05) is 6.20 Å². The Morgan fingerprint density at radius 2 is 2.04 bits per heavy atom. The molecule has 0 atom stereocenters. The Morgan fingerprint density at radius 1 is 1.26 bits per heavy atom. The summed E-state index contributed by atoms with van der Waals surface area (Å²) >= 11 is 0. The van der Waals surface area contributed by atoms with Crippen LogP contribution in [-0.2, 0) is 4.74 Å². The molecule has 0 unspecified atom stereocenters. The molecular weight excluding hydrogens is 284 g/mol. The van der Waals surface area contributed by atoms with E-state index in [1.165, 1.54) is 38.3 Å². The topological polar surface area (TPSA) is 34.0 Å². The largest absolute Gasteiger partial charge is 0.470 e. The molecule has 3 heteroatoms. The maximum atomic E-state index is 5.68. The van der Waals surface area contributed by atoms with Crippen molar-refractivity contribution in [1.82, 2.24) is 0 Å². The SMILES string of the molecule is C=C/N=C1/OCC(C(/C=C)=C/C=C/C2CCCCC2)=N/C1=C/C. The molecule has 0 spiro atoms. The third-order valence-corrected chi connectivity index (χ3v) is 4.16. The van der Waals surface area contributed by atoms with Gasteiger partial charge in [0.2, 0.25) is 5.90 Å². The van der Waals surface area contributed by atoms with Crippen LogP contribution in [0.3, 0.4) is 0 Å². The Morgan fingerprint density at radius 3 is 2.70 bits per heavy atom. The van der Waals surface area contributed by atoms with Crippen LogP contribution < -0.4 is 0 Å². The highest BCUT2D eigenvalue weighted by Gasteiger charge is 2.17. The number of aliphatic imine (C=N–C) groups is 2. The van der Waals surface area contributed by atoms with Crippen LogP contribution in [0, 0.1) is 5.92 Å². The molecule has 3 nitrogen and oxygen atoms in total. The third-order valence-electron chi connectivity index (χ3n) is 4.16. The lowest BCUT2D eigenvalue weighted by Crippen LogP contribution is -2.22. The molecule has 23 heavy (non-hydrogen) atoms. The van der Waals surface area contributed by atoms with Crippen molar-refractivity contribution in [3.8, 4) is 0 Å². The molecule has 0 bridgehead atoms. The van der Waals surface area contributed by atoms with E-state index < -0.39 is 0 Å². The molecule has 1 saturated carbocycles. The van der Waals surface area contributed by atoms with Gasteiger partial charge in [0.1, 0.15) is 12.3 Å². The van der Waals surface area contributed by atoms with Crippen LogP contribution in [-0.4, -0.2) is 18.2 Å². The molecular formula is C20H26N2O. The van der Waals surface area contributed by atoms with Gasteiger partial charge in [-0.05, 0) is 31.3 Å². The second-order valence-corrected chi connectivity index (χ2v) is 5.75. The molecule has 0 N–H and O–H groups in total. The number of allylic oxidation sites excluding steroid dienone is 5. The maximum absolute atomic E-state index is 5.68. The molecule has 2 rings (SSSR count). The number of ether oxygens (including phenoxy) is 1. The average molecular weight is 310 g/mol. The second kappa shape index (κ2) is 9.09. The van der Waals surface area contributed by atoms with Crippen LogP contribution >= 0.6 is 0 Å². The Hall–Kier alpha value is -2.16. The Kier molecular flexibility index (Phi) is 6.79. The molecule has 1 fully saturated rings. The van der Waals surface area contributed by atoms with Crippen molar-refractivity contribution >= 4 is 11.6 Å². The molecule has 0 aromatic carbocycles. The second-order valence-electron chi connectivity index (χ2n) is 5.75. The zero-order valence-corrected chi connectivity index (χ0v) is 14.0. The summed E-state index contributed by atoms with van der Waals surface area (Å²) in [5.41, 5.74) is 2.61. The van der Waals surface area contributed by atoms with Gasteiger partial charge in [0.05, 0.1) is 5.71 Å². The fourth-order valence-electron chi connectivity index (χ4n) is 2.88. The molecule has 1 aliphatic carbocycles. The molecule has 0 saturated heterocycles. The predicted molar refractivity (Wildman–Crippen MR) is 98.8 cm³/mol. The number of rotatable bonds is 5. The first-order valence-corrected chi connectivity index (χ1v) is 8.35. The molecule has 0 radical (unpaired) electrons. The highest BCUT2D eigenvalue weighted by atomic mass is 16.5. The minimum absolute atomic E-state index is 0.402. The summed E-state index contributed by atoms with van der Waals surface area (Å²) in [7, 11) is 0. The van der Waals surface area contributed by atoms with Crippen molar-refractivity contribution < 1.29 is 4.74 Å². The lowest BCUT2D eigenvalue weighted by atomic mass is 9.89. The molecule has 0 aromatic rings. The van der Waals surface area contributed by atoms with E-state index in [0.717, 1.165) is 17.0 Å². The van der Waals surface area contributed by atoms with Gasteiger partial charge in [-0.25, -0.2) is 9.98 Å². The molecule has 2 aliphatic rings. The van der Waals surface area contributed by atoms with E-state index in [1.54, 1.807) is 0 Å². The standard InChI is InChI=1S/C20H26N2O/c1-4-17(14-10-13-16-11-8-7-9-12-16)19-15-23-20(21-6-3)18(5-2)22-19/h4-6,10,13-14,16H,1,3,7-9,11-12,15H2,2H3/b13-10+,17-14+,18-5+,21-20+. The highest BCUT2D eigenvalue weighted by Crippen LogP contribution is 2.24. The summed E-state index contributed by atoms with van der Waals surface area (Å²) in [5, 5.41) is 0. The summed E-state index contributed by atoms with van der Waals surface area (Å²) in [6, 6.07) is 0. The summed E-state index contributed by atoms with van der Waals surface area (Å²) in [4.78, 5) is 8.74. The van der Waals surface area contributed by atoms with E-state index in [-0.39, 0.29) is 0 Å². The average Bonchev–Trinajstić information content (AvgIpc) is 2.60. The first kappa shape index (κ1) is 17.2. The first-order valence-electron chi connectivity index (χ1n) is 8.35. The summed E-state index contributed by atoms with van der Waals surface area (Å²) < 4.78 is 5.68. The minimum Gasteiger partial charge on any atom is -0.470 e. The lowest BCUT2D eigenvalue weighted by Gasteiger charge is -2.18. The van der Waals surface area contributed by atoms with E-state index in [9.17, 15) is 0 Å². The van der Waals surface area contributed by atoms with Crippen molar-refractivity contribution in [1.29, 1.82) is 0 Å². The lowest BCUT2D eigenvalue weighted by molar-refractivity contribution is 0.358. The van der Waals surface area contributed by atoms with E-state index in [4.69, 9.17) is 4.74 Å². The monoisotopic (exact) mass is 310 g/mol. The third kappa shape index (κ3) is 4.92. The van der Waals surface area contributed by atoms with Gasteiger partial charge in [0.25, 0.3) is 0 Å². The predicted octanol–water partition coefficient (Wildman–Crippen LogP) is 5.15. The number of nitrogens with zero attached hydrogens (tertiary/aromatic N) is 2. The summed E-state index contributed by atoms with van der Waals surface area (Å²) in [6.07, 6.45) is 18.4. The Bertz CT molecular complexity index is 585. The molecule has 1 aliphatic heterocycles. The number of hydrogen-bond acceptors (Lipinski definition) is 3. The van der Waals surface area contributed by atoms with Crippen LogP contribution in [0.1, 0.15) is 39.0 Å². The first-order chi connectivity index (χ1) is 11.3. The zero-order valence-electron chi connectivity index (χ0n) is 14.0. The highest BCUT2D eigenvalue weighted by molar-refractivity contribution is 6.10. The summed E-state index contributed by atoms with van der Waals surface area (Å²) in [5.74, 6) is 1.24. The van der Waals surface area contributed by atoms with Crippen LogP contribution in [0.4, 0.5) is 0 Å².